The summed E-state index contributed by atoms with van der Waals surface area (Å²) in [5.74, 6) is 2.08. The summed E-state index contributed by atoms with van der Waals surface area (Å²) in [7, 11) is 0. The van der Waals surface area contributed by atoms with Gasteiger partial charge >= 0.3 is 0 Å². The number of likely N-dealkylation sites (tertiary alicyclic amines) is 1. The number of hydrogen-bond acceptors (Lipinski definition) is 6. The van der Waals surface area contributed by atoms with Crippen LogP contribution in [0.2, 0.25) is 0 Å². The first-order valence-electron chi connectivity index (χ1n) is 9.82. The fourth-order valence-electron chi connectivity index (χ4n) is 4.42. The third-order valence-electron chi connectivity index (χ3n) is 5.85. The van der Waals surface area contributed by atoms with Gasteiger partial charge in [0.1, 0.15) is 5.76 Å². The van der Waals surface area contributed by atoms with Gasteiger partial charge < -0.3 is 13.9 Å². The third-order valence-corrected chi connectivity index (χ3v) is 5.85. The highest BCUT2D eigenvalue weighted by atomic mass is 16.5. The normalized spacial score (nSPS) is 21.7. The molecule has 7 heteroatoms. The van der Waals surface area contributed by atoms with Crippen LogP contribution in [0.4, 0.5) is 0 Å². The number of nitrogens with zero attached hydrogens (tertiary/aromatic N) is 4. The van der Waals surface area contributed by atoms with E-state index >= 15 is 0 Å². The van der Waals surface area contributed by atoms with Crippen molar-refractivity contribution in [3.63, 3.8) is 0 Å². The number of hydrogen-bond donors (Lipinski definition) is 0. The smallest absolute Gasteiger partial charge is 0.276 e. The van der Waals surface area contributed by atoms with E-state index in [9.17, 15) is 4.79 Å². The molecule has 2 atom stereocenters. The number of rotatable bonds is 3. The van der Waals surface area contributed by atoms with E-state index in [1.165, 1.54) is 5.56 Å². The van der Waals surface area contributed by atoms with Gasteiger partial charge in [0.25, 0.3) is 5.91 Å². The second kappa shape index (κ2) is 6.89. The molecule has 3 aromatic rings. The zero-order chi connectivity index (χ0) is 19.1. The number of aryl methyl sites for hydroxylation is 2. The van der Waals surface area contributed by atoms with E-state index in [0.29, 0.717) is 30.5 Å². The number of carbonyl (C=O) groups excluding carboxylic acids is 1. The topological polar surface area (TPSA) is 85.3 Å². The maximum Gasteiger partial charge on any atom is 0.276 e. The molecule has 144 valence electrons. The molecule has 1 amide bonds. The molecule has 1 aliphatic heterocycles. The summed E-state index contributed by atoms with van der Waals surface area (Å²) in [6, 6.07) is 10.2. The van der Waals surface area contributed by atoms with Gasteiger partial charge in [-0.1, -0.05) is 40.6 Å². The van der Waals surface area contributed by atoms with Crippen LogP contribution in [-0.2, 0) is 12.8 Å². The van der Waals surface area contributed by atoms with E-state index in [4.69, 9.17) is 9.05 Å². The van der Waals surface area contributed by atoms with Crippen LogP contribution >= 0.6 is 0 Å². The van der Waals surface area contributed by atoms with E-state index in [2.05, 4.69) is 27.4 Å². The lowest BCUT2D eigenvalue weighted by molar-refractivity contribution is 0.0777. The van der Waals surface area contributed by atoms with Crippen LogP contribution in [0.25, 0.3) is 0 Å². The highest BCUT2D eigenvalue weighted by Gasteiger charge is 2.41. The first-order valence-corrected chi connectivity index (χ1v) is 9.82. The molecular weight excluding hydrogens is 356 g/mol. The average molecular weight is 378 g/mol. The lowest BCUT2D eigenvalue weighted by Crippen LogP contribution is -2.30. The minimum absolute atomic E-state index is 0.0322. The number of aromatic nitrogens is 3. The first-order chi connectivity index (χ1) is 13.7. The van der Waals surface area contributed by atoms with Crippen molar-refractivity contribution in [3.05, 3.63) is 64.6 Å². The Morgan fingerprint density at radius 2 is 1.82 bits per heavy atom. The van der Waals surface area contributed by atoms with Gasteiger partial charge in [-0.05, 0) is 31.7 Å². The van der Waals surface area contributed by atoms with Crippen molar-refractivity contribution in [3.8, 4) is 0 Å². The predicted octanol–water partition coefficient (Wildman–Crippen LogP) is 3.27. The lowest BCUT2D eigenvalue weighted by Gasteiger charge is -2.16. The summed E-state index contributed by atoms with van der Waals surface area (Å²) in [4.78, 5) is 19.6. The van der Waals surface area contributed by atoms with Crippen LogP contribution in [-0.4, -0.2) is 39.2 Å². The van der Waals surface area contributed by atoms with Crippen LogP contribution < -0.4 is 0 Å². The van der Waals surface area contributed by atoms with Gasteiger partial charge in [-0.15, -0.1) is 0 Å². The second-order valence-corrected chi connectivity index (χ2v) is 7.65. The van der Waals surface area contributed by atoms with Gasteiger partial charge in [0, 0.05) is 31.0 Å². The van der Waals surface area contributed by atoms with Crippen molar-refractivity contribution in [1.82, 2.24) is 20.2 Å². The molecule has 1 aromatic carbocycles. The van der Waals surface area contributed by atoms with Gasteiger partial charge in [-0.3, -0.25) is 4.79 Å². The molecule has 5 rings (SSSR count). The average Bonchev–Trinajstić information content (AvgIpc) is 3.46. The van der Waals surface area contributed by atoms with Gasteiger partial charge in [-0.2, -0.15) is 4.98 Å². The molecule has 3 heterocycles. The zero-order valence-corrected chi connectivity index (χ0v) is 15.8. The Bertz CT molecular complexity index is 994. The van der Waals surface area contributed by atoms with Gasteiger partial charge in [0.2, 0.25) is 5.89 Å². The number of carbonyl (C=O) groups is 1. The molecule has 2 aromatic heterocycles. The number of benzene rings is 1. The summed E-state index contributed by atoms with van der Waals surface area (Å²) < 4.78 is 10.9. The summed E-state index contributed by atoms with van der Waals surface area (Å²) in [6.07, 6.45) is 3.90. The number of fused-ring (bicyclic) bond motifs is 1. The van der Waals surface area contributed by atoms with Crippen LogP contribution in [0.15, 0.2) is 39.4 Å². The molecule has 1 aliphatic carbocycles. The van der Waals surface area contributed by atoms with Crippen molar-refractivity contribution < 1.29 is 13.8 Å². The van der Waals surface area contributed by atoms with Crippen LogP contribution in [0.1, 0.15) is 63.8 Å². The Kier molecular flexibility index (Phi) is 4.22. The highest BCUT2D eigenvalue weighted by Crippen LogP contribution is 2.40. The number of amides is 1. The summed E-state index contributed by atoms with van der Waals surface area (Å²) in [6.45, 7) is 2.93. The van der Waals surface area contributed by atoms with Crippen LogP contribution in [0, 0.1) is 6.92 Å². The lowest BCUT2D eigenvalue weighted by atomic mass is 9.89. The largest absolute Gasteiger partial charge is 0.360 e. The predicted molar refractivity (Wildman–Crippen MR) is 100 cm³/mol. The minimum atomic E-state index is -0.0634. The van der Waals surface area contributed by atoms with E-state index in [1.807, 2.05) is 30.0 Å². The molecule has 0 unspecified atom stereocenters. The standard InChI is InChI=1S/C21H22N4O3/c1-13-22-20(28-23-13)17-12-25(11-16(17)14-7-3-2-4-8-14)21(26)19-15-9-5-6-10-18(15)27-24-19/h2-4,7-8,16-17H,5-6,9-12H2,1H3/t16-,17+/m1/s1. The van der Waals surface area contributed by atoms with Crippen molar-refractivity contribution in [2.24, 2.45) is 0 Å². The maximum absolute atomic E-state index is 13.3. The molecule has 0 N–H and O–H groups in total. The molecule has 28 heavy (non-hydrogen) atoms. The van der Waals surface area contributed by atoms with Crippen LogP contribution in [0.5, 0.6) is 0 Å². The van der Waals surface area contributed by atoms with E-state index in [1.54, 1.807) is 0 Å². The maximum atomic E-state index is 13.3. The Morgan fingerprint density at radius 1 is 1.04 bits per heavy atom. The zero-order valence-electron chi connectivity index (χ0n) is 15.8. The Balaban J connectivity index is 1.46. The molecule has 0 saturated carbocycles. The van der Waals surface area contributed by atoms with Crippen molar-refractivity contribution in [2.45, 2.75) is 44.4 Å². The van der Waals surface area contributed by atoms with Crippen molar-refractivity contribution >= 4 is 5.91 Å². The highest BCUT2D eigenvalue weighted by molar-refractivity contribution is 5.94. The Morgan fingerprint density at radius 3 is 2.61 bits per heavy atom. The van der Waals surface area contributed by atoms with E-state index in [-0.39, 0.29) is 17.7 Å². The summed E-state index contributed by atoms with van der Waals surface area (Å²) in [5.41, 5.74) is 2.63. The fraction of sp³-hybridized carbons (Fsp3) is 0.429. The molecule has 2 aliphatic rings. The molecule has 1 fully saturated rings. The Labute approximate surface area is 162 Å². The molecular formula is C21H22N4O3. The molecule has 0 radical (unpaired) electrons. The van der Waals surface area contributed by atoms with Gasteiger partial charge in [0.05, 0.1) is 5.92 Å². The molecule has 7 nitrogen and oxygen atoms in total. The monoisotopic (exact) mass is 378 g/mol. The van der Waals surface area contributed by atoms with Crippen molar-refractivity contribution in [1.29, 1.82) is 0 Å². The van der Waals surface area contributed by atoms with Crippen molar-refractivity contribution in [2.75, 3.05) is 13.1 Å². The summed E-state index contributed by atoms with van der Waals surface area (Å²) in [5, 5.41) is 8.07. The minimum Gasteiger partial charge on any atom is -0.360 e. The Hall–Kier alpha value is -2.96. The molecule has 0 spiro atoms. The van der Waals surface area contributed by atoms with Gasteiger partial charge in [0.15, 0.2) is 11.5 Å². The SMILES string of the molecule is Cc1noc([C@H]2CN(C(=O)c3noc4c3CCCC4)C[C@@H]2c2ccccc2)n1. The van der Waals surface area contributed by atoms with Gasteiger partial charge in [-0.25, -0.2) is 0 Å². The second-order valence-electron chi connectivity index (χ2n) is 7.65. The fourth-order valence-corrected chi connectivity index (χ4v) is 4.42. The van der Waals surface area contributed by atoms with Crippen LogP contribution in [0.3, 0.4) is 0 Å². The summed E-state index contributed by atoms with van der Waals surface area (Å²) >= 11 is 0. The molecule has 1 saturated heterocycles. The van der Waals surface area contributed by atoms with E-state index in [0.717, 1.165) is 37.0 Å². The first kappa shape index (κ1) is 17.2. The van der Waals surface area contributed by atoms with E-state index < -0.39 is 0 Å². The molecule has 0 bridgehead atoms. The third kappa shape index (κ3) is 2.91. The quantitative estimate of drug-likeness (QED) is 0.695.